The number of hydrogen-bond donors (Lipinski definition) is 2. The van der Waals surface area contributed by atoms with E-state index in [1.54, 1.807) is 0 Å². The van der Waals surface area contributed by atoms with E-state index in [4.69, 9.17) is 10.3 Å². The fourth-order valence-electron chi connectivity index (χ4n) is 0. The van der Waals surface area contributed by atoms with Crippen molar-refractivity contribution in [3.63, 3.8) is 0 Å². The molecule has 0 aliphatic carbocycles. The van der Waals surface area contributed by atoms with Gasteiger partial charge in [-0.15, -0.1) is 0 Å². The summed E-state index contributed by atoms with van der Waals surface area (Å²) >= 11 is -3.76. The van der Waals surface area contributed by atoms with Crippen LogP contribution in [0.3, 0.4) is 0 Å². The minimum absolute atomic E-state index is 1.88. The van der Waals surface area contributed by atoms with Crippen LogP contribution in [0.5, 0.6) is 0 Å². The molecule has 0 amide bonds. The van der Waals surface area contributed by atoms with Crippen molar-refractivity contribution in [2.45, 2.75) is 0 Å². The molecule has 2 N–H and O–H groups in total. The highest BCUT2D eigenvalue weighted by molar-refractivity contribution is 3.91. The fourth-order valence-corrected chi connectivity index (χ4v) is 0. The molecule has 0 radical (unpaired) electrons. The summed E-state index contributed by atoms with van der Waals surface area (Å²) in [4.78, 5) is 0. The van der Waals surface area contributed by atoms with Gasteiger partial charge in [0.15, 0.2) is 0 Å². The van der Waals surface area contributed by atoms with E-state index < -0.39 is 21.1 Å². The van der Waals surface area contributed by atoms with Gasteiger partial charge in [0.2, 0.25) is 0 Å². The Morgan fingerprint density at radius 1 is 1.43 bits per heavy atom. The number of nitrogens with one attached hydrogen (secondary N) is 1. The van der Waals surface area contributed by atoms with Gasteiger partial charge in [0.05, 0.1) is 0 Å². The van der Waals surface area contributed by atoms with Crippen molar-refractivity contribution in [2.75, 3.05) is 14.1 Å². The zero-order valence-electron chi connectivity index (χ0n) is 4.14. The Bertz CT molecular complexity index is 24.1. The average molecular weight is 221 g/mol. The topological polar surface area (TPSA) is 78.4 Å². The van der Waals surface area contributed by atoms with Gasteiger partial charge in [-0.1, -0.05) is 0 Å². The van der Waals surface area contributed by atoms with Crippen molar-refractivity contribution in [1.82, 2.24) is 5.32 Å². The largest absolute Gasteiger partial charge is 0.503 e. The van der Waals surface area contributed by atoms with Gasteiger partial charge in [-0.05, 0) is 17.5 Å². The second-order valence-corrected chi connectivity index (χ2v) is 1.85. The molecule has 0 aromatic rings. The van der Waals surface area contributed by atoms with E-state index in [1.165, 1.54) is 0 Å². The van der Waals surface area contributed by atoms with Gasteiger partial charge in [0.25, 0.3) is 0 Å². The van der Waals surface area contributed by atoms with Gasteiger partial charge in [-0.2, -0.15) is 0 Å². The van der Waals surface area contributed by atoms with E-state index >= 15 is 0 Å². The molecule has 0 atom stereocenters. The van der Waals surface area contributed by atoms with E-state index in [2.05, 4.69) is 5.32 Å². The van der Waals surface area contributed by atoms with Crippen LogP contribution in [0.1, 0.15) is 0 Å². The van der Waals surface area contributed by atoms with Crippen LogP contribution < -0.4 is 33.3 Å². The van der Waals surface area contributed by atoms with Crippen molar-refractivity contribution >= 4 is 0 Å². The minimum Gasteiger partial charge on any atom is -0.396 e. The van der Waals surface area contributed by atoms with Crippen molar-refractivity contribution in [2.24, 2.45) is 0 Å². The second kappa shape index (κ2) is 9.76. The van der Waals surface area contributed by atoms with Crippen molar-refractivity contribution in [1.29, 1.82) is 0 Å². The predicted octanol–water partition coefficient (Wildman–Crippen LogP) is -6.10. The van der Waals surface area contributed by atoms with Crippen molar-refractivity contribution < 1.29 is 31.4 Å². The molecule has 5 heteroatoms. The highest BCUT2D eigenvalue weighted by Gasteiger charge is 1.89. The standard InChI is InChI=1S/C2H7N.HIO3/c1-3-2;2-1(3)4/h3H,1-2H3;2H. The van der Waals surface area contributed by atoms with Crippen LogP contribution in [0.4, 0.5) is 0 Å². The Balaban J connectivity index is 0. The zero-order valence-corrected chi connectivity index (χ0v) is 6.30. The summed E-state index contributed by atoms with van der Waals surface area (Å²) in [6.45, 7) is 0. The lowest BCUT2D eigenvalue weighted by Crippen LogP contribution is -3.98. The molecule has 0 saturated heterocycles. The Morgan fingerprint density at radius 2 is 1.43 bits per heavy atom. The molecule has 7 heavy (non-hydrogen) atoms. The summed E-state index contributed by atoms with van der Waals surface area (Å²) in [6.07, 6.45) is 0. The minimum atomic E-state index is -3.76. The molecular formula is C2H8INO3. The third-order valence-corrected chi connectivity index (χ3v) is 0. The smallest absolute Gasteiger partial charge is 0.396 e. The molecule has 0 saturated carbocycles. The maximum atomic E-state index is 8.68. The summed E-state index contributed by atoms with van der Waals surface area (Å²) in [5.74, 6) is 0. The first kappa shape index (κ1) is 10.5. The number of hydrogen-bond acceptors (Lipinski definition) is 4. The molecule has 46 valence electrons. The third-order valence-electron chi connectivity index (χ3n) is 0. The van der Waals surface area contributed by atoms with Gasteiger partial charge in [-0.25, -0.2) is 0 Å². The van der Waals surface area contributed by atoms with Crippen LogP contribution in [0.2, 0.25) is 0 Å². The molecule has 0 spiro atoms. The maximum absolute atomic E-state index is 8.68. The van der Waals surface area contributed by atoms with Gasteiger partial charge < -0.3 is 12.2 Å². The van der Waals surface area contributed by atoms with Gasteiger partial charge >= 0.3 is 21.1 Å². The van der Waals surface area contributed by atoms with Crippen molar-refractivity contribution in [3.8, 4) is 0 Å². The molecule has 4 nitrogen and oxygen atoms in total. The Labute approximate surface area is 51.2 Å². The van der Waals surface area contributed by atoms with E-state index in [1.807, 2.05) is 14.1 Å². The summed E-state index contributed by atoms with van der Waals surface area (Å²) in [5.41, 5.74) is 0. The molecule has 0 bridgehead atoms. The second-order valence-electron chi connectivity index (χ2n) is 0.701. The summed E-state index contributed by atoms with van der Waals surface area (Å²) < 4.78 is 24.5. The number of halogens is 1. The predicted molar refractivity (Wildman–Crippen MR) is 17.2 cm³/mol. The molecule has 0 aliphatic heterocycles. The van der Waals surface area contributed by atoms with Crippen LogP contribution >= 0.6 is 0 Å². The molecule has 0 aromatic carbocycles. The molecule has 0 aromatic heterocycles. The van der Waals surface area contributed by atoms with Crippen LogP contribution in [0.15, 0.2) is 0 Å². The quantitative estimate of drug-likeness (QED) is 0.399. The lowest BCUT2D eigenvalue weighted by Gasteiger charge is -1.67. The van der Waals surface area contributed by atoms with E-state index in [9.17, 15) is 0 Å². The van der Waals surface area contributed by atoms with Crippen LogP contribution in [-0.4, -0.2) is 17.5 Å². The molecule has 0 fully saturated rings. The third kappa shape index (κ3) is 422. The maximum Gasteiger partial charge on any atom is 0.503 e. The first-order valence-electron chi connectivity index (χ1n) is 1.48. The van der Waals surface area contributed by atoms with Crippen LogP contribution in [0.25, 0.3) is 0 Å². The number of rotatable bonds is 0. The van der Waals surface area contributed by atoms with Crippen LogP contribution in [-0.2, 0) is 0 Å². The normalized spacial score (nSPS) is 7.71. The van der Waals surface area contributed by atoms with Gasteiger partial charge in [-0.3, -0.25) is 0 Å². The summed E-state index contributed by atoms with van der Waals surface area (Å²) in [5, 5.41) is 2.75. The van der Waals surface area contributed by atoms with E-state index in [0.717, 1.165) is 0 Å². The molecule has 0 heterocycles. The van der Waals surface area contributed by atoms with Gasteiger partial charge in [0.1, 0.15) is 0 Å². The Hall–Kier alpha value is 0.570. The first-order valence-corrected chi connectivity index (χ1v) is 4.20. The Morgan fingerprint density at radius 3 is 1.43 bits per heavy atom. The first-order chi connectivity index (χ1) is 3.15. The van der Waals surface area contributed by atoms with E-state index in [-0.39, 0.29) is 0 Å². The summed E-state index contributed by atoms with van der Waals surface area (Å²) in [6, 6.07) is 0. The molecule has 0 unspecified atom stereocenters. The molecule has 0 aliphatic rings. The molecular weight excluding hydrogens is 213 g/mol. The highest BCUT2D eigenvalue weighted by atomic mass is 127. The van der Waals surface area contributed by atoms with Crippen LogP contribution in [0, 0.1) is 0 Å². The zero-order chi connectivity index (χ0) is 6.28. The monoisotopic (exact) mass is 221 g/mol. The Kier molecular flexibility index (Phi) is 14.7. The lowest BCUT2D eigenvalue weighted by molar-refractivity contribution is -1.63. The van der Waals surface area contributed by atoms with E-state index in [0.29, 0.717) is 0 Å². The van der Waals surface area contributed by atoms with Gasteiger partial charge in [0, 0.05) is 0 Å². The summed E-state index contributed by atoms with van der Waals surface area (Å²) in [7, 11) is 3.75. The van der Waals surface area contributed by atoms with Crippen molar-refractivity contribution in [3.05, 3.63) is 0 Å². The fraction of sp³-hybridized carbons (Fsp3) is 1.00. The molecule has 0 rings (SSSR count). The highest BCUT2D eigenvalue weighted by Crippen LogP contribution is 0.981. The average Bonchev–Trinajstić information content (AvgIpc) is 1.33. The lowest BCUT2D eigenvalue weighted by atomic mass is 11.3. The SMILES string of the molecule is CNC.[O-][I+2]([O-])O.